The summed E-state index contributed by atoms with van der Waals surface area (Å²) in [6, 6.07) is 11.0. The Morgan fingerprint density at radius 1 is 1.10 bits per heavy atom. The quantitative estimate of drug-likeness (QED) is 0.828. The fraction of sp³-hybridized carbons (Fsp3) is 0.600. The van der Waals surface area contributed by atoms with Crippen molar-refractivity contribution in [1.82, 2.24) is 9.21 Å². The van der Waals surface area contributed by atoms with E-state index < -0.39 is 10.0 Å². The molecule has 4 nitrogen and oxygen atoms in total. The van der Waals surface area contributed by atoms with Gasteiger partial charge >= 0.3 is 0 Å². The zero-order valence-electron chi connectivity index (χ0n) is 12.3. The van der Waals surface area contributed by atoms with E-state index in [9.17, 15) is 8.42 Å². The van der Waals surface area contributed by atoms with E-state index in [0.717, 1.165) is 25.9 Å². The Balaban J connectivity index is 1.79. The predicted molar refractivity (Wildman–Crippen MR) is 82.2 cm³/mol. The SMILES string of the molecule is C[C@H](CCc1ccccc1)N1CCN(S(C)(=O)=O)CC1. The van der Waals surface area contributed by atoms with E-state index in [1.807, 2.05) is 6.07 Å². The van der Waals surface area contributed by atoms with E-state index in [1.54, 1.807) is 4.31 Å². The van der Waals surface area contributed by atoms with Gasteiger partial charge in [0.15, 0.2) is 0 Å². The summed E-state index contributed by atoms with van der Waals surface area (Å²) >= 11 is 0. The molecule has 5 heteroatoms. The number of rotatable bonds is 5. The fourth-order valence-corrected chi connectivity index (χ4v) is 3.51. The van der Waals surface area contributed by atoms with Gasteiger partial charge in [0.05, 0.1) is 6.26 Å². The molecule has 1 aromatic rings. The zero-order valence-corrected chi connectivity index (χ0v) is 13.1. The van der Waals surface area contributed by atoms with Gasteiger partial charge in [-0.1, -0.05) is 30.3 Å². The lowest BCUT2D eigenvalue weighted by molar-refractivity contribution is 0.140. The summed E-state index contributed by atoms with van der Waals surface area (Å²) in [7, 11) is -3.02. The maximum Gasteiger partial charge on any atom is 0.211 e. The highest BCUT2D eigenvalue weighted by atomic mass is 32.2. The van der Waals surface area contributed by atoms with Crippen molar-refractivity contribution in [3.05, 3.63) is 35.9 Å². The van der Waals surface area contributed by atoms with Crippen molar-refractivity contribution >= 4 is 10.0 Å². The molecule has 0 unspecified atom stereocenters. The first-order valence-corrected chi connectivity index (χ1v) is 9.05. The van der Waals surface area contributed by atoms with Gasteiger partial charge in [0.2, 0.25) is 10.0 Å². The van der Waals surface area contributed by atoms with Crippen molar-refractivity contribution in [2.24, 2.45) is 0 Å². The van der Waals surface area contributed by atoms with Crippen molar-refractivity contribution in [2.75, 3.05) is 32.4 Å². The van der Waals surface area contributed by atoms with Gasteiger partial charge < -0.3 is 0 Å². The Morgan fingerprint density at radius 3 is 2.25 bits per heavy atom. The first-order valence-electron chi connectivity index (χ1n) is 7.20. The number of sulfonamides is 1. The van der Waals surface area contributed by atoms with Gasteiger partial charge in [-0.15, -0.1) is 0 Å². The number of benzene rings is 1. The van der Waals surface area contributed by atoms with Crippen LogP contribution in [0.25, 0.3) is 0 Å². The van der Waals surface area contributed by atoms with Gasteiger partial charge in [-0.25, -0.2) is 8.42 Å². The fourth-order valence-electron chi connectivity index (χ4n) is 2.68. The molecule has 0 bridgehead atoms. The molecule has 112 valence electrons. The first kappa shape index (κ1) is 15.5. The third-order valence-electron chi connectivity index (χ3n) is 4.06. The molecule has 0 amide bonds. The van der Waals surface area contributed by atoms with Gasteiger partial charge in [-0.05, 0) is 25.3 Å². The van der Waals surface area contributed by atoms with E-state index in [-0.39, 0.29) is 0 Å². The van der Waals surface area contributed by atoms with Gasteiger partial charge in [0.1, 0.15) is 0 Å². The average molecular weight is 296 g/mol. The Kier molecular flexibility index (Phi) is 5.18. The Morgan fingerprint density at radius 2 is 1.70 bits per heavy atom. The molecule has 1 aliphatic rings. The second-order valence-electron chi connectivity index (χ2n) is 5.57. The molecule has 1 fully saturated rings. The van der Waals surface area contributed by atoms with Crippen LogP contribution >= 0.6 is 0 Å². The van der Waals surface area contributed by atoms with Crippen LogP contribution in [0.1, 0.15) is 18.9 Å². The second kappa shape index (κ2) is 6.70. The van der Waals surface area contributed by atoms with E-state index in [1.165, 1.54) is 11.8 Å². The zero-order chi connectivity index (χ0) is 14.6. The van der Waals surface area contributed by atoms with Gasteiger partial charge in [-0.2, -0.15) is 4.31 Å². The summed E-state index contributed by atoms with van der Waals surface area (Å²) in [6.45, 7) is 5.15. The van der Waals surface area contributed by atoms with Gasteiger partial charge in [0.25, 0.3) is 0 Å². The molecule has 1 aliphatic heterocycles. The maximum atomic E-state index is 11.5. The van der Waals surface area contributed by atoms with Crippen LogP contribution in [0.2, 0.25) is 0 Å². The normalized spacial score (nSPS) is 19.9. The summed E-state index contributed by atoms with van der Waals surface area (Å²) in [5.74, 6) is 0. The van der Waals surface area contributed by atoms with Crippen LogP contribution < -0.4 is 0 Å². The van der Waals surface area contributed by atoms with Crippen molar-refractivity contribution in [3.8, 4) is 0 Å². The average Bonchev–Trinajstić information content (AvgIpc) is 2.45. The minimum absolute atomic E-state index is 0.497. The van der Waals surface area contributed by atoms with Crippen LogP contribution in [0.3, 0.4) is 0 Å². The summed E-state index contributed by atoms with van der Waals surface area (Å²) < 4.78 is 24.5. The molecule has 1 heterocycles. The van der Waals surface area contributed by atoms with Crippen LogP contribution in [-0.2, 0) is 16.4 Å². The molecule has 0 aliphatic carbocycles. The molecule has 20 heavy (non-hydrogen) atoms. The topological polar surface area (TPSA) is 40.6 Å². The van der Waals surface area contributed by atoms with Gasteiger partial charge in [-0.3, -0.25) is 4.90 Å². The highest BCUT2D eigenvalue weighted by Gasteiger charge is 2.25. The molecule has 0 spiro atoms. The monoisotopic (exact) mass is 296 g/mol. The highest BCUT2D eigenvalue weighted by molar-refractivity contribution is 7.88. The van der Waals surface area contributed by atoms with Crippen LogP contribution in [0.4, 0.5) is 0 Å². The summed E-state index contributed by atoms with van der Waals surface area (Å²) in [5, 5.41) is 0. The molecule has 2 rings (SSSR count). The molecule has 0 radical (unpaired) electrons. The molecular formula is C15H24N2O2S. The smallest absolute Gasteiger partial charge is 0.211 e. The first-order chi connectivity index (χ1) is 9.47. The Labute approximate surface area is 122 Å². The van der Waals surface area contributed by atoms with Crippen molar-refractivity contribution in [2.45, 2.75) is 25.8 Å². The maximum absolute atomic E-state index is 11.5. The van der Waals surface area contributed by atoms with Crippen molar-refractivity contribution < 1.29 is 8.42 Å². The molecule has 1 saturated heterocycles. The van der Waals surface area contributed by atoms with E-state index in [4.69, 9.17) is 0 Å². The summed E-state index contributed by atoms with van der Waals surface area (Å²) in [4.78, 5) is 2.39. The molecule has 0 saturated carbocycles. The Hall–Kier alpha value is -0.910. The number of hydrogen-bond acceptors (Lipinski definition) is 3. The summed E-state index contributed by atoms with van der Waals surface area (Å²) in [5.41, 5.74) is 1.37. The minimum atomic E-state index is -3.02. The molecule has 0 aromatic heterocycles. The third kappa shape index (κ3) is 4.30. The Bertz CT molecular complexity index is 508. The lowest BCUT2D eigenvalue weighted by Gasteiger charge is -2.37. The highest BCUT2D eigenvalue weighted by Crippen LogP contribution is 2.13. The lowest BCUT2D eigenvalue weighted by atomic mass is 10.0. The number of piperazine rings is 1. The number of hydrogen-bond donors (Lipinski definition) is 0. The largest absolute Gasteiger partial charge is 0.298 e. The molecule has 1 atom stereocenters. The predicted octanol–water partition coefficient (Wildman–Crippen LogP) is 1.58. The van der Waals surface area contributed by atoms with E-state index in [0.29, 0.717) is 19.1 Å². The van der Waals surface area contributed by atoms with E-state index >= 15 is 0 Å². The van der Waals surface area contributed by atoms with Crippen molar-refractivity contribution in [1.29, 1.82) is 0 Å². The van der Waals surface area contributed by atoms with Crippen LogP contribution in [-0.4, -0.2) is 56.1 Å². The summed E-state index contributed by atoms with van der Waals surface area (Å²) in [6.07, 6.45) is 3.48. The van der Waals surface area contributed by atoms with Crippen molar-refractivity contribution in [3.63, 3.8) is 0 Å². The lowest BCUT2D eigenvalue weighted by Crippen LogP contribution is -2.51. The van der Waals surface area contributed by atoms with E-state index in [2.05, 4.69) is 36.1 Å². The number of nitrogens with zero attached hydrogens (tertiary/aromatic N) is 2. The third-order valence-corrected chi connectivity index (χ3v) is 5.36. The minimum Gasteiger partial charge on any atom is -0.298 e. The molecular weight excluding hydrogens is 272 g/mol. The molecule has 0 N–H and O–H groups in total. The van der Waals surface area contributed by atoms with Crippen LogP contribution in [0.15, 0.2) is 30.3 Å². The number of aryl methyl sites for hydroxylation is 1. The van der Waals surface area contributed by atoms with Crippen LogP contribution in [0, 0.1) is 0 Å². The second-order valence-corrected chi connectivity index (χ2v) is 7.55. The molecule has 1 aromatic carbocycles. The van der Waals surface area contributed by atoms with Crippen LogP contribution in [0.5, 0.6) is 0 Å². The standard InChI is InChI=1S/C15H24N2O2S/c1-14(8-9-15-6-4-3-5-7-15)16-10-12-17(13-11-16)20(2,18)19/h3-7,14H,8-13H2,1-2H3/t14-/m1/s1. The van der Waals surface area contributed by atoms with Gasteiger partial charge in [0, 0.05) is 32.2 Å².